The van der Waals surface area contributed by atoms with E-state index in [1.165, 1.54) is 32.1 Å². The Morgan fingerprint density at radius 2 is 1.88 bits per heavy atom. The normalized spacial score (nSPS) is 19.4. The molecule has 0 radical (unpaired) electrons. The van der Waals surface area contributed by atoms with Gasteiger partial charge in [0, 0.05) is 25.0 Å². The van der Waals surface area contributed by atoms with Crippen molar-refractivity contribution in [1.82, 2.24) is 4.90 Å². The van der Waals surface area contributed by atoms with Crippen LogP contribution in [0.4, 0.5) is 0 Å². The summed E-state index contributed by atoms with van der Waals surface area (Å²) in [6, 6.07) is 0.473. The molecule has 1 aliphatic carbocycles. The molecule has 3 heteroatoms. The zero-order valence-corrected chi connectivity index (χ0v) is 11.6. The summed E-state index contributed by atoms with van der Waals surface area (Å²) < 4.78 is 0. The van der Waals surface area contributed by atoms with Gasteiger partial charge in [0.15, 0.2) is 0 Å². The Balaban J connectivity index is 2.50. The van der Waals surface area contributed by atoms with Crippen LogP contribution in [-0.2, 0) is 4.79 Å². The fourth-order valence-corrected chi connectivity index (χ4v) is 2.59. The van der Waals surface area contributed by atoms with E-state index in [-0.39, 0.29) is 11.9 Å². The fraction of sp³-hybridized carbons (Fsp3) is 0.929. The first-order valence-electron chi connectivity index (χ1n) is 7.11. The summed E-state index contributed by atoms with van der Waals surface area (Å²) in [5.41, 5.74) is 5.99. The zero-order valence-electron chi connectivity index (χ0n) is 11.6. The van der Waals surface area contributed by atoms with Crippen LogP contribution in [0.15, 0.2) is 0 Å². The minimum atomic E-state index is 0.000130. The van der Waals surface area contributed by atoms with Crippen LogP contribution in [0.1, 0.15) is 59.3 Å². The van der Waals surface area contributed by atoms with Crippen molar-refractivity contribution in [3.63, 3.8) is 0 Å². The molecule has 1 amide bonds. The highest BCUT2D eigenvalue weighted by atomic mass is 16.2. The van der Waals surface area contributed by atoms with E-state index >= 15 is 0 Å². The number of nitrogens with two attached hydrogens (primary N) is 1. The van der Waals surface area contributed by atoms with Crippen LogP contribution in [0, 0.1) is 5.92 Å². The van der Waals surface area contributed by atoms with E-state index in [0.717, 1.165) is 6.54 Å². The second-order valence-corrected chi connectivity index (χ2v) is 5.58. The quantitative estimate of drug-likeness (QED) is 0.802. The standard InChI is InChI=1S/C14H28N2O/c1-4-16(12-8-6-5-7-9-12)14(17)10-13(15)11(2)3/h11-13H,4-10,15H2,1-3H3. The Labute approximate surface area is 106 Å². The number of amides is 1. The number of carbonyl (C=O) groups is 1. The Bertz CT molecular complexity index is 234. The van der Waals surface area contributed by atoms with Gasteiger partial charge in [0.25, 0.3) is 0 Å². The van der Waals surface area contributed by atoms with E-state index in [0.29, 0.717) is 18.4 Å². The molecule has 17 heavy (non-hydrogen) atoms. The van der Waals surface area contributed by atoms with Gasteiger partial charge in [0.05, 0.1) is 0 Å². The molecule has 0 spiro atoms. The molecule has 0 aromatic rings. The molecule has 1 saturated carbocycles. The van der Waals surface area contributed by atoms with Crippen LogP contribution >= 0.6 is 0 Å². The maximum Gasteiger partial charge on any atom is 0.224 e. The third kappa shape index (κ3) is 4.30. The summed E-state index contributed by atoms with van der Waals surface area (Å²) in [4.78, 5) is 14.3. The molecule has 0 bridgehead atoms. The van der Waals surface area contributed by atoms with Gasteiger partial charge in [-0.25, -0.2) is 0 Å². The lowest BCUT2D eigenvalue weighted by atomic mass is 9.93. The third-order valence-electron chi connectivity index (χ3n) is 3.94. The monoisotopic (exact) mass is 240 g/mol. The first-order valence-corrected chi connectivity index (χ1v) is 7.11. The molecule has 1 fully saturated rings. The van der Waals surface area contributed by atoms with Gasteiger partial charge in [-0.1, -0.05) is 33.1 Å². The summed E-state index contributed by atoms with van der Waals surface area (Å²) in [5, 5.41) is 0. The van der Waals surface area contributed by atoms with Crippen molar-refractivity contribution in [3.05, 3.63) is 0 Å². The van der Waals surface area contributed by atoms with E-state index < -0.39 is 0 Å². The van der Waals surface area contributed by atoms with E-state index in [2.05, 4.69) is 25.7 Å². The third-order valence-corrected chi connectivity index (χ3v) is 3.94. The van der Waals surface area contributed by atoms with Gasteiger partial charge in [-0.15, -0.1) is 0 Å². The topological polar surface area (TPSA) is 46.3 Å². The van der Waals surface area contributed by atoms with Crippen LogP contribution in [0.2, 0.25) is 0 Å². The summed E-state index contributed by atoms with van der Waals surface area (Å²) in [6.07, 6.45) is 6.72. The van der Waals surface area contributed by atoms with Gasteiger partial charge < -0.3 is 10.6 Å². The first-order chi connectivity index (χ1) is 8.06. The van der Waals surface area contributed by atoms with Crippen molar-refractivity contribution in [1.29, 1.82) is 0 Å². The lowest BCUT2D eigenvalue weighted by Crippen LogP contribution is -2.44. The Hall–Kier alpha value is -0.570. The smallest absolute Gasteiger partial charge is 0.224 e. The summed E-state index contributed by atoms with van der Waals surface area (Å²) in [5.74, 6) is 0.629. The average Bonchev–Trinajstić information content (AvgIpc) is 2.31. The molecule has 3 nitrogen and oxygen atoms in total. The van der Waals surface area contributed by atoms with E-state index in [4.69, 9.17) is 5.73 Å². The molecule has 100 valence electrons. The summed E-state index contributed by atoms with van der Waals surface area (Å²) >= 11 is 0. The second-order valence-electron chi connectivity index (χ2n) is 5.58. The van der Waals surface area contributed by atoms with Crippen molar-refractivity contribution < 1.29 is 4.79 Å². The molecule has 1 unspecified atom stereocenters. The lowest BCUT2D eigenvalue weighted by molar-refractivity contribution is -0.134. The molecule has 1 rings (SSSR count). The van der Waals surface area contributed by atoms with Gasteiger partial charge in [-0.05, 0) is 25.7 Å². The van der Waals surface area contributed by atoms with E-state index in [9.17, 15) is 4.79 Å². The fourth-order valence-electron chi connectivity index (χ4n) is 2.59. The maximum absolute atomic E-state index is 12.2. The van der Waals surface area contributed by atoms with Crippen molar-refractivity contribution in [2.45, 2.75) is 71.4 Å². The van der Waals surface area contributed by atoms with Gasteiger partial charge >= 0.3 is 0 Å². The Kier molecular flexibility index (Phi) is 5.96. The lowest BCUT2D eigenvalue weighted by Gasteiger charge is -2.34. The van der Waals surface area contributed by atoms with Crippen LogP contribution in [0.3, 0.4) is 0 Å². The molecule has 1 atom stereocenters. The molecule has 0 heterocycles. The number of rotatable bonds is 5. The number of carbonyl (C=O) groups excluding carboxylic acids is 1. The minimum absolute atomic E-state index is 0.000130. The summed E-state index contributed by atoms with van der Waals surface area (Å²) in [7, 11) is 0. The molecule has 0 saturated heterocycles. The maximum atomic E-state index is 12.2. The molecule has 0 aliphatic heterocycles. The van der Waals surface area contributed by atoms with Crippen molar-refractivity contribution in [2.75, 3.05) is 6.54 Å². The predicted octanol–water partition coefficient (Wildman–Crippen LogP) is 2.54. The van der Waals surface area contributed by atoms with Gasteiger partial charge in [-0.3, -0.25) is 4.79 Å². The Morgan fingerprint density at radius 3 is 2.35 bits per heavy atom. The van der Waals surface area contributed by atoms with E-state index in [1.807, 2.05) is 0 Å². The van der Waals surface area contributed by atoms with E-state index in [1.54, 1.807) is 0 Å². The highest BCUT2D eigenvalue weighted by Gasteiger charge is 2.25. The molecule has 0 aromatic carbocycles. The molecule has 0 aromatic heterocycles. The highest BCUT2D eigenvalue weighted by molar-refractivity contribution is 5.77. The van der Waals surface area contributed by atoms with Crippen LogP contribution in [0.5, 0.6) is 0 Å². The molecular weight excluding hydrogens is 212 g/mol. The van der Waals surface area contributed by atoms with Gasteiger partial charge in [0.1, 0.15) is 0 Å². The first kappa shape index (κ1) is 14.5. The number of hydrogen-bond donors (Lipinski definition) is 1. The van der Waals surface area contributed by atoms with Gasteiger partial charge in [0.2, 0.25) is 5.91 Å². The largest absolute Gasteiger partial charge is 0.340 e. The van der Waals surface area contributed by atoms with Gasteiger partial charge in [-0.2, -0.15) is 0 Å². The Morgan fingerprint density at radius 1 is 1.29 bits per heavy atom. The SMILES string of the molecule is CCN(C(=O)CC(N)C(C)C)C1CCCCC1. The number of nitrogens with zero attached hydrogens (tertiary/aromatic N) is 1. The second kappa shape index (κ2) is 7.00. The highest BCUT2D eigenvalue weighted by Crippen LogP contribution is 2.23. The molecular formula is C14H28N2O. The van der Waals surface area contributed by atoms with Crippen molar-refractivity contribution in [3.8, 4) is 0 Å². The summed E-state index contributed by atoms with van der Waals surface area (Å²) in [6.45, 7) is 7.06. The molecule has 1 aliphatic rings. The van der Waals surface area contributed by atoms with Crippen LogP contribution < -0.4 is 5.73 Å². The minimum Gasteiger partial charge on any atom is -0.340 e. The average molecular weight is 240 g/mol. The molecule has 2 N–H and O–H groups in total. The van der Waals surface area contributed by atoms with Crippen LogP contribution in [-0.4, -0.2) is 29.4 Å². The number of hydrogen-bond acceptors (Lipinski definition) is 2. The van der Waals surface area contributed by atoms with Crippen LogP contribution in [0.25, 0.3) is 0 Å². The van der Waals surface area contributed by atoms with Crippen molar-refractivity contribution >= 4 is 5.91 Å². The van der Waals surface area contributed by atoms with Crippen molar-refractivity contribution in [2.24, 2.45) is 11.7 Å². The predicted molar refractivity (Wildman–Crippen MR) is 71.7 cm³/mol. The zero-order chi connectivity index (χ0) is 12.8.